The van der Waals surface area contributed by atoms with Gasteiger partial charge in [0.05, 0.1) is 11.7 Å². The van der Waals surface area contributed by atoms with Gasteiger partial charge in [-0.25, -0.2) is 4.98 Å². The van der Waals surface area contributed by atoms with E-state index in [2.05, 4.69) is 26.8 Å². The second kappa shape index (κ2) is 6.35. The number of nitrogens with two attached hydrogens (primary N) is 1. The normalized spacial score (nSPS) is 12.0. The topological polar surface area (TPSA) is 76.7 Å². The van der Waals surface area contributed by atoms with Crippen molar-refractivity contribution in [3.05, 3.63) is 53.5 Å². The molecule has 2 rings (SSSR count). The number of hydrogen-bond acceptors (Lipinski definition) is 5. The standard InChI is InChI=1S/C16H21N5/c1-5-7-13-11(3)20-16(17)21-15(13)19-12(4)14-9-6-8-10(2)18-14/h5-6,8-9,12H,1,7H2,2-4H3,(H3,17,19,20,21)/t12-/m0/s1. The van der Waals surface area contributed by atoms with Gasteiger partial charge in [-0.2, -0.15) is 4.98 Å². The van der Waals surface area contributed by atoms with Crippen molar-refractivity contribution in [1.82, 2.24) is 15.0 Å². The highest BCUT2D eigenvalue weighted by Gasteiger charge is 2.13. The first-order valence-corrected chi connectivity index (χ1v) is 6.95. The quantitative estimate of drug-likeness (QED) is 0.825. The maximum atomic E-state index is 5.76. The summed E-state index contributed by atoms with van der Waals surface area (Å²) < 4.78 is 0. The molecule has 5 heteroatoms. The Hall–Kier alpha value is -2.43. The van der Waals surface area contributed by atoms with Crippen LogP contribution in [0.3, 0.4) is 0 Å². The van der Waals surface area contributed by atoms with Crippen LogP contribution < -0.4 is 11.1 Å². The highest BCUT2D eigenvalue weighted by atomic mass is 15.1. The van der Waals surface area contributed by atoms with Crippen molar-refractivity contribution in [3.8, 4) is 0 Å². The lowest BCUT2D eigenvalue weighted by atomic mass is 10.1. The fourth-order valence-corrected chi connectivity index (χ4v) is 2.21. The zero-order chi connectivity index (χ0) is 15.4. The van der Waals surface area contributed by atoms with Crippen LogP contribution in [0.2, 0.25) is 0 Å². The Balaban J connectivity index is 2.32. The molecule has 0 bridgehead atoms. The summed E-state index contributed by atoms with van der Waals surface area (Å²) in [6, 6.07) is 6.00. The number of aromatic nitrogens is 3. The van der Waals surface area contributed by atoms with Gasteiger partial charge in [-0.05, 0) is 39.3 Å². The van der Waals surface area contributed by atoms with E-state index < -0.39 is 0 Å². The highest BCUT2D eigenvalue weighted by molar-refractivity contribution is 5.51. The SMILES string of the molecule is C=CCc1c(C)nc(N)nc1N[C@@H](C)c1cccc(C)n1. The molecule has 3 N–H and O–H groups in total. The summed E-state index contributed by atoms with van der Waals surface area (Å²) in [6.45, 7) is 9.74. The molecular formula is C16H21N5. The van der Waals surface area contributed by atoms with Crippen molar-refractivity contribution >= 4 is 11.8 Å². The Morgan fingerprint density at radius 3 is 2.71 bits per heavy atom. The van der Waals surface area contributed by atoms with Gasteiger partial charge < -0.3 is 11.1 Å². The van der Waals surface area contributed by atoms with Crippen LogP contribution in [0.1, 0.15) is 35.6 Å². The Labute approximate surface area is 125 Å². The van der Waals surface area contributed by atoms with Gasteiger partial charge in [0.2, 0.25) is 5.95 Å². The number of allylic oxidation sites excluding steroid dienone is 1. The van der Waals surface area contributed by atoms with Gasteiger partial charge in [0, 0.05) is 17.0 Å². The molecule has 0 aliphatic heterocycles. The third-order valence-electron chi connectivity index (χ3n) is 3.29. The van der Waals surface area contributed by atoms with E-state index in [1.54, 1.807) is 0 Å². The van der Waals surface area contributed by atoms with Crippen molar-refractivity contribution in [1.29, 1.82) is 0 Å². The van der Waals surface area contributed by atoms with Crippen LogP contribution in [0, 0.1) is 13.8 Å². The third kappa shape index (κ3) is 3.56. The molecule has 0 radical (unpaired) electrons. The second-order valence-electron chi connectivity index (χ2n) is 5.06. The summed E-state index contributed by atoms with van der Waals surface area (Å²) >= 11 is 0. The van der Waals surface area contributed by atoms with Crippen molar-refractivity contribution in [2.75, 3.05) is 11.1 Å². The molecule has 0 unspecified atom stereocenters. The van der Waals surface area contributed by atoms with E-state index in [1.165, 1.54) is 0 Å². The van der Waals surface area contributed by atoms with Gasteiger partial charge in [-0.1, -0.05) is 12.1 Å². The Bertz CT molecular complexity index is 651. The minimum atomic E-state index is 0.0298. The lowest BCUT2D eigenvalue weighted by molar-refractivity contribution is 0.818. The van der Waals surface area contributed by atoms with Crippen molar-refractivity contribution < 1.29 is 0 Å². The molecule has 2 aromatic heterocycles. The minimum Gasteiger partial charge on any atom is -0.368 e. The molecule has 0 saturated heterocycles. The van der Waals surface area contributed by atoms with Gasteiger partial charge in [-0.15, -0.1) is 6.58 Å². The first kappa shape index (κ1) is 15.0. The number of anilines is 2. The molecule has 0 saturated carbocycles. The van der Waals surface area contributed by atoms with E-state index in [0.717, 1.165) is 28.5 Å². The van der Waals surface area contributed by atoms with Crippen LogP contribution >= 0.6 is 0 Å². The predicted octanol–water partition coefficient (Wildman–Crippen LogP) is 2.97. The van der Waals surface area contributed by atoms with E-state index in [0.29, 0.717) is 6.42 Å². The molecule has 1 atom stereocenters. The summed E-state index contributed by atoms with van der Waals surface area (Å²) in [5.74, 6) is 1.02. The lowest BCUT2D eigenvalue weighted by Crippen LogP contribution is -2.14. The molecule has 21 heavy (non-hydrogen) atoms. The van der Waals surface area contributed by atoms with E-state index in [-0.39, 0.29) is 12.0 Å². The van der Waals surface area contributed by atoms with Crippen LogP contribution in [-0.2, 0) is 6.42 Å². The number of aryl methyl sites for hydroxylation is 2. The first-order chi connectivity index (χ1) is 10.0. The van der Waals surface area contributed by atoms with Crippen molar-refractivity contribution in [3.63, 3.8) is 0 Å². The summed E-state index contributed by atoms with van der Waals surface area (Å²) in [6.07, 6.45) is 2.53. The average molecular weight is 283 g/mol. The zero-order valence-corrected chi connectivity index (χ0v) is 12.7. The zero-order valence-electron chi connectivity index (χ0n) is 12.7. The molecule has 0 aliphatic carbocycles. The molecule has 110 valence electrons. The lowest BCUT2D eigenvalue weighted by Gasteiger charge is -2.18. The Kier molecular flexibility index (Phi) is 4.52. The third-order valence-corrected chi connectivity index (χ3v) is 3.29. The smallest absolute Gasteiger partial charge is 0.222 e. The number of rotatable bonds is 5. The van der Waals surface area contributed by atoms with Gasteiger partial charge in [-0.3, -0.25) is 4.98 Å². The number of nitrogens with one attached hydrogen (secondary N) is 1. The Morgan fingerprint density at radius 2 is 2.05 bits per heavy atom. The van der Waals surface area contributed by atoms with Crippen LogP contribution in [0.4, 0.5) is 11.8 Å². The maximum Gasteiger partial charge on any atom is 0.222 e. The largest absolute Gasteiger partial charge is 0.368 e. The van der Waals surface area contributed by atoms with E-state index in [1.807, 2.05) is 45.0 Å². The van der Waals surface area contributed by atoms with Gasteiger partial charge in [0.25, 0.3) is 0 Å². The molecule has 0 aliphatic rings. The van der Waals surface area contributed by atoms with Crippen molar-refractivity contribution in [2.45, 2.75) is 33.2 Å². The van der Waals surface area contributed by atoms with Crippen LogP contribution in [0.5, 0.6) is 0 Å². The summed E-state index contributed by atoms with van der Waals surface area (Å²) in [5, 5.41) is 3.38. The molecule has 2 aromatic rings. The van der Waals surface area contributed by atoms with Gasteiger partial charge >= 0.3 is 0 Å². The van der Waals surface area contributed by atoms with E-state index in [4.69, 9.17) is 5.73 Å². The molecule has 0 amide bonds. The summed E-state index contributed by atoms with van der Waals surface area (Å²) in [4.78, 5) is 13.1. The van der Waals surface area contributed by atoms with Crippen LogP contribution in [0.25, 0.3) is 0 Å². The minimum absolute atomic E-state index is 0.0298. The summed E-state index contributed by atoms with van der Waals surface area (Å²) in [7, 11) is 0. The fraction of sp³-hybridized carbons (Fsp3) is 0.312. The predicted molar refractivity (Wildman–Crippen MR) is 86.1 cm³/mol. The molecule has 2 heterocycles. The van der Waals surface area contributed by atoms with Gasteiger partial charge in [0.1, 0.15) is 5.82 Å². The summed E-state index contributed by atoms with van der Waals surface area (Å²) in [5.41, 5.74) is 9.60. The molecule has 5 nitrogen and oxygen atoms in total. The molecule has 0 spiro atoms. The second-order valence-corrected chi connectivity index (χ2v) is 5.06. The fourth-order valence-electron chi connectivity index (χ4n) is 2.21. The highest BCUT2D eigenvalue weighted by Crippen LogP contribution is 2.23. The molecule has 0 fully saturated rings. The average Bonchev–Trinajstić information content (AvgIpc) is 2.42. The number of pyridine rings is 1. The van der Waals surface area contributed by atoms with Gasteiger partial charge in [0.15, 0.2) is 0 Å². The van der Waals surface area contributed by atoms with Crippen molar-refractivity contribution in [2.24, 2.45) is 0 Å². The maximum absolute atomic E-state index is 5.76. The molecule has 0 aromatic carbocycles. The number of nitrogen functional groups attached to an aromatic ring is 1. The van der Waals surface area contributed by atoms with Crippen LogP contribution in [0.15, 0.2) is 30.9 Å². The first-order valence-electron chi connectivity index (χ1n) is 6.95. The number of nitrogens with zero attached hydrogens (tertiary/aromatic N) is 3. The molecular weight excluding hydrogens is 262 g/mol. The van der Waals surface area contributed by atoms with E-state index >= 15 is 0 Å². The monoisotopic (exact) mass is 283 g/mol. The Morgan fingerprint density at radius 1 is 1.29 bits per heavy atom. The van der Waals surface area contributed by atoms with E-state index in [9.17, 15) is 0 Å². The number of hydrogen-bond donors (Lipinski definition) is 2. The van der Waals surface area contributed by atoms with Crippen LogP contribution in [-0.4, -0.2) is 15.0 Å².